The summed E-state index contributed by atoms with van der Waals surface area (Å²) in [5.74, 6) is 1.55. The van der Waals surface area contributed by atoms with Crippen molar-refractivity contribution in [2.75, 3.05) is 46.5 Å². The number of carbonyl (C=O) groups is 1. The molecule has 3 heterocycles. The van der Waals surface area contributed by atoms with Crippen LogP contribution in [0, 0.1) is 13.8 Å². The molecule has 2 saturated heterocycles. The predicted molar refractivity (Wildman–Crippen MR) is 85.7 cm³/mol. The number of furan rings is 1. The Kier molecular flexibility index (Phi) is 5.04. The highest BCUT2D eigenvalue weighted by Crippen LogP contribution is 2.25. The minimum atomic E-state index is 0.0649. The second-order valence-electron chi connectivity index (χ2n) is 6.37. The third-order valence-electron chi connectivity index (χ3n) is 4.84. The van der Waals surface area contributed by atoms with Crippen LogP contribution in [0.25, 0.3) is 0 Å². The zero-order chi connectivity index (χ0) is 16.4. The van der Waals surface area contributed by atoms with Crippen LogP contribution in [0.15, 0.2) is 10.5 Å². The first-order valence-electron chi connectivity index (χ1n) is 8.31. The lowest BCUT2D eigenvalue weighted by molar-refractivity contribution is -0.101. The van der Waals surface area contributed by atoms with E-state index in [-0.39, 0.29) is 18.1 Å². The minimum absolute atomic E-state index is 0.0649. The molecule has 0 saturated carbocycles. The van der Waals surface area contributed by atoms with Crippen molar-refractivity contribution in [3.05, 3.63) is 23.2 Å². The number of ether oxygens (including phenoxy) is 2. The average Bonchev–Trinajstić information content (AvgIpc) is 2.90. The zero-order valence-electron chi connectivity index (χ0n) is 14.2. The fraction of sp³-hybridized carbons (Fsp3) is 0.706. The van der Waals surface area contributed by atoms with Crippen molar-refractivity contribution in [1.82, 2.24) is 9.80 Å². The summed E-state index contributed by atoms with van der Waals surface area (Å²) in [5.41, 5.74) is 0.682. The van der Waals surface area contributed by atoms with Gasteiger partial charge in [-0.05, 0) is 26.3 Å². The Hall–Kier alpha value is -1.37. The van der Waals surface area contributed by atoms with Gasteiger partial charge in [-0.15, -0.1) is 0 Å². The second-order valence-corrected chi connectivity index (χ2v) is 6.37. The summed E-state index contributed by atoms with van der Waals surface area (Å²) in [6.07, 6.45) is 1.10. The Bertz CT molecular complexity index is 557. The van der Waals surface area contributed by atoms with Crippen LogP contribution < -0.4 is 0 Å². The van der Waals surface area contributed by atoms with E-state index in [1.807, 2.05) is 24.8 Å². The SMILES string of the molecule is COCCN1CCO[C@H]2CCN(C(=O)c3cc(C)oc3C)C[C@@H]21. The van der Waals surface area contributed by atoms with E-state index in [1.165, 1.54) is 0 Å². The number of rotatable bonds is 4. The number of piperidine rings is 1. The minimum Gasteiger partial charge on any atom is -0.466 e. The highest BCUT2D eigenvalue weighted by Gasteiger charge is 2.38. The predicted octanol–water partition coefficient (Wildman–Crippen LogP) is 1.46. The standard InChI is InChI=1S/C17H26N2O4/c1-12-10-14(13(2)23-12)17(20)19-5-4-16-15(11-19)18(6-8-21-3)7-9-22-16/h10,15-16H,4-9,11H2,1-3H3/t15-,16-/m0/s1. The van der Waals surface area contributed by atoms with Crippen molar-refractivity contribution < 1.29 is 18.7 Å². The first-order chi connectivity index (χ1) is 11.1. The Labute approximate surface area is 137 Å². The second kappa shape index (κ2) is 7.03. The molecule has 0 unspecified atom stereocenters. The van der Waals surface area contributed by atoms with Crippen LogP contribution in [0.3, 0.4) is 0 Å². The zero-order valence-corrected chi connectivity index (χ0v) is 14.2. The molecule has 1 aromatic rings. The first-order valence-corrected chi connectivity index (χ1v) is 8.31. The summed E-state index contributed by atoms with van der Waals surface area (Å²) < 4.78 is 16.6. The molecule has 6 nitrogen and oxygen atoms in total. The van der Waals surface area contributed by atoms with Gasteiger partial charge in [-0.3, -0.25) is 9.69 Å². The molecule has 128 valence electrons. The van der Waals surface area contributed by atoms with Crippen molar-refractivity contribution >= 4 is 5.91 Å². The molecule has 0 N–H and O–H groups in total. The molecule has 2 fully saturated rings. The topological polar surface area (TPSA) is 55.2 Å². The summed E-state index contributed by atoms with van der Waals surface area (Å²) in [6.45, 7) is 8.41. The van der Waals surface area contributed by atoms with Gasteiger partial charge in [0.2, 0.25) is 0 Å². The van der Waals surface area contributed by atoms with E-state index in [2.05, 4.69) is 4.90 Å². The Morgan fingerprint density at radius 1 is 1.39 bits per heavy atom. The van der Waals surface area contributed by atoms with Gasteiger partial charge in [0.1, 0.15) is 11.5 Å². The summed E-state index contributed by atoms with van der Waals surface area (Å²) in [5, 5.41) is 0. The van der Waals surface area contributed by atoms with Crippen molar-refractivity contribution in [2.24, 2.45) is 0 Å². The normalized spacial score (nSPS) is 25.4. The number of methoxy groups -OCH3 is 1. The number of carbonyl (C=O) groups excluding carboxylic acids is 1. The average molecular weight is 322 g/mol. The van der Waals surface area contributed by atoms with Crippen molar-refractivity contribution in [3.63, 3.8) is 0 Å². The maximum absolute atomic E-state index is 12.8. The van der Waals surface area contributed by atoms with Gasteiger partial charge < -0.3 is 18.8 Å². The van der Waals surface area contributed by atoms with E-state index < -0.39 is 0 Å². The maximum Gasteiger partial charge on any atom is 0.257 e. The highest BCUT2D eigenvalue weighted by atomic mass is 16.5. The number of amides is 1. The molecule has 0 aliphatic carbocycles. The third-order valence-corrected chi connectivity index (χ3v) is 4.84. The molecular weight excluding hydrogens is 296 g/mol. The van der Waals surface area contributed by atoms with Crippen LogP contribution in [0.1, 0.15) is 28.3 Å². The molecule has 1 amide bonds. The van der Waals surface area contributed by atoms with Crippen LogP contribution in [-0.4, -0.2) is 74.4 Å². The molecule has 1 aromatic heterocycles. The Balaban J connectivity index is 1.70. The van der Waals surface area contributed by atoms with Gasteiger partial charge in [0.15, 0.2) is 0 Å². The summed E-state index contributed by atoms with van der Waals surface area (Å²) in [4.78, 5) is 17.1. The van der Waals surface area contributed by atoms with E-state index in [0.717, 1.165) is 38.4 Å². The molecule has 2 aliphatic rings. The van der Waals surface area contributed by atoms with Gasteiger partial charge in [0.05, 0.1) is 30.9 Å². The quantitative estimate of drug-likeness (QED) is 0.840. The van der Waals surface area contributed by atoms with E-state index in [4.69, 9.17) is 13.9 Å². The van der Waals surface area contributed by atoms with Gasteiger partial charge in [-0.2, -0.15) is 0 Å². The molecule has 23 heavy (non-hydrogen) atoms. The fourth-order valence-electron chi connectivity index (χ4n) is 3.63. The van der Waals surface area contributed by atoms with E-state index in [1.54, 1.807) is 7.11 Å². The number of morpholine rings is 1. The van der Waals surface area contributed by atoms with Crippen LogP contribution in [0.4, 0.5) is 0 Å². The maximum atomic E-state index is 12.8. The molecule has 0 spiro atoms. The molecule has 0 aromatic carbocycles. The Morgan fingerprint density at radius 3 is 2.91 bits per heavy atom. The van der Waals surface area contributed by atoms with Crippen molar-refractivity contribution in [1.29, 1.82) is 0 Å². The molecule has 6 heteroatoms. The summed E-state index contributed by atoms with van der Waals surface area (Å²) >= 11 is 0. The number of nitrogens with zero attached hydrogens (tertiary/aromatic N) is 2. The van der Waals surface area contributed by atoms with Crippen LogP contribution >= 0.6 is 0 Å². The molecule has 0 radical (unpaired) electrons. The van der Waals surface area contributed by atoms with Crippen LogP contribution in [-0.2, 0) is 9.47 Å². The van der Waals surface area contributed by atoms with Gasteiger partial charge in [0, 0.05) is 33.3 Å². The first kappa shape index (κ1) is 16.5. The third kappa shape index (κ3) is 3.44. The number of hydrogen-bond acceptors (Lipinski definition) is 5. The van der Waals surface area contributed by atoms with Gasteiger partial charge >= 0.3 is 0 Å². The molecular formula is C17H26N2O4. The lowest BCUT2D eigenvalue weighted by Crippen LogP contribution is -2.61. The lowest BCUT2D eigenvalue weighted by atomic mass is 9.98. The highest BCUT2D eigenvalue weighted by molar-refractivity contribution is 5.95. The number of fused-ring (bicyclic) bond motifs is 1. The van der Waals surface area contributed by atoms with E-state index >= 15 is 0 Å². The van der Waals surface area contributed by atoms with E-state index in [9.17, 15) is 4.79 Å². The Morgan fingerprint density at radius 2 is 2.22 bits per heavy atom. The van der Waals surface area contributed by atoms with Gasteiger partial charge in [-0.1, -0.05) is 0 Å². The number of aryl methyl sites for hydroxylation is 2. The van der Waals surface area contributed by atoms with Crippen molar-refractivity contribution in [3.8, 4) is 0 Å². The molecule has 2 atom stereocenters. The number of likely N-dealkylation sites (tertiary alicyclic amines) is 1. The molecule has 2 aliphatic heterocycles. The smallest absolute Gasteiger partial charge is 0.257 e. The van der Waals surface area contributed by atoms with Crippen LogP contribution in [0.2, 0.25) is 0 Å². The summed E-state index contributed by atoms with van der Waals surface area (Å²) in [6, 6.07) is 2.09. The molecule has 3 rings (SSSR count). The molecule has 0 bridgehead atoms. The van der Waals surface area contributed by atoms with Gasteiger partial charge in [0.25, 0.3) is 5.91 Å². The fourth-order valence-corrected chi connectivity index (χ4v) is 3.63. The van der Waals surface area contributed by atoms with Crippen molar-refractivity contribution in [2.45, 2.75) is 32.4 Å². The van der Waals surface area contributed by atoms with Crippen LogP contribution in [0.5, 0.6) is 0 Å². The lowest BCUT2D eigenvalue weighted by Gasteiger charge is -2.47. The largest absolute Gasteiger partial charge is 0.466 e. The van der Waals surface area contributed by atoms with E-state index in [0.29, 0.717) is 24.5 Å². The number of hydrogen-bond donors (Lipinski definition) is 0. The summed E-state index contributed by atoms with van der Waals surface area (Å²) in [7, 11) is 1.72. The monoisotopic (exact) mass is 322 g/mol. The van der Waals surface area contributed by atoms with Gasteiger partial charge in [-0.25, -0.2) is 0 Å².